The summed E-state index contributed by atoms with van der Waals surface area (Å²) in [5, 5.41) is 4.31. The fourth-order valence-corrected chi connectivity index (χ4v) is 5.54. The third-order valence-corrected chi connectivity index (χ3v) is 7.90. The predicted octanol–water partition coefficient (Wildman–Crippen LogP) is 5.52. The topological polar surface area (TPSA) is 67.3 Å². The molecule has 1 saturated carbocycles. The highest BCUT2D eigenvalue weighted by Crippen LogP contribution is 2.51. The van der Waals surface area contributed by atoms with E-state index in [1.807, 2.05) is 18.2 Å². The van der Waals surface area contributed by atoms with Crippen molar-refractivity contribution >= 4 is 34.8 Å². The van der Waals surface area contributed by atoms with Crippen LogP contribution in [0.3, 0.4) is 0 Å². The number of piperidine rings is 1. The highest BCUT2D eigenvalue weighted by molar-refractivity contribution is 7.96. The number of ether oxygens (including phenoxy) is 1. The minimum atomic E-state index is -2.76. The van der Waals surface area contributed by atoms with E-state index in [1.54, 1.807) is 48.5 Å². The molecule has 184 valence electrons. The quantitative estimate of drug-likeness (QED) is 0.340. The highest BCUT2D eigenvalue weighted by Gasteiger charge is 2.55. The third kappa shape index (κ3) is 4.97. The Hall–Kier alpha value is -2.78. The molecule has 2 fully saturated rings. The van der Waals surface area contributed by atoms with Gasteiger partial charge in [-0.3, -0.25) is 4.31 Å². The van der Waals surface area contributed by atoms with Crippen LogP contribution in [-0.4, -0.2) is 57.7 Å². The van der Waals surface area contributed by atoms with E-state index in [2.05, 4.69) is 20.9 Å². The molecule has 0 unspecified atom stereocenters. The van der Waals surface area contributed by atoms with Crippen molar-refractivity contribution in [3.8, 4) is 0 Å². The van der Waals surface area contributed by atoms with Crippen LogP contribution in [0, 0.1) is 0 Å². The molecule has 1 saturated heterocycles. The fraction of sp³-hybridized carbons (Fsp3) is 0.423. The number of carbonyl (C=O) groups is 1. The first kappa shape index (κ1) is 23.9. The molecule has 2 aromatic carbocycles. The molecule has 1 N–H and O–H groups in total. The van der Waals surface area contributed by atoms with Crippen LogP contribution in [0.2, 0.25) is 0 Å². The van der Waals surface area contributed by atoms with Gasteiger partial charge in [0.2, 0.25) is 5.95 Å². The van der Waals surface area contributed by atoms with Crippen molar-refractivity contribution in [1.82, 2.24) is 14.3 Å². The number of halogens is 2. The zero-order valence-corrected chi connectivity index (χ0v) is 20.3. The van der Waals surface area contributed by atoms with Crippen molar-refractivity contribution in [3.05, 3.63) is 65.9 Å². The van der Waals surface area contributed by atoms with Gasteiger partial charge in [-0.15, -0.1) is 0 Å². The molecule has 3 aromatic rings. The van der Waals surface area contributed by atoms with E-state index in [4.69, 9.17) is 9.72 Å². The van der Waals surface area contributed by atoms with Gasteiger partial charge >= 0.3 is 5.97 Å². The number of para-hydroxylation sites is 1. The van der Waals surface area contributed by atoms with Gasteiger partial charge in [0.15, 0.2) is 5.60 Å². The number of nitrogens with zero attached hydrogens (tertiary/aromatic N) is 3. The van der Waals surface area contributed by atoms with Crippen molar-refractivity contribution in [3.63, 3.8) is 0 Å². The number of rotatable bonds is 7. The number of aromatic nitrogens is 2. The molecule has 1 aliphatic heterocycles. The Balaban J connectivity index is 1.32. The lowest BCUT2D eigenvalue weighted by Crippen LogP contribution is -2.52. The molecule has 9 heteroatoms. The van der Waals surface area contributed by atoms with Crippen LogP contribution in [-0.2, 0) is 4.74 Å². The first-order chi connectivity index (χ1) is 17.0. The Labute approximate surface area is 207 Å². The number of esters is 1. The van der Waals surface area contributed by atoms with Gasteiger partial charge < -0.3 is 10.1 Å². The lowest BCUT2D eigenvalue weighted by Gasteiger charge is -2.46. The molecule has 6 nitrogen and oxygen atoms in total. The fourth-order valence-electron chi connectivity index (χ4n) is 4.96. The summed E-state index contributed by atoms with van der Waals surface area (Å²) < 4.78 is 35.9. The number of nitrogens with one attached hydrogen (secondary N) is 1. The molecule has 2 aliphatic rings. The zero-order valence-electron chi connectivity index (χ0n) is 19.5. The van der Waals surface area contributed by atoms with Gasteiger partial charge in [-0.25, -0.2) is 23.5 Å². The maximum absolute atomic E-state index is 14.1. The van der Waals surface area contributed by atoms with E-state index in [0.717, 1.165) is 42.4 Å². The predicted molar refractivity (Wildman–Crippen MR) is 134 cm³/mol. The van der Waals surface area contributed by atoms with Gasteiger partial charge in [-0.2, -0.15) is 0 Å². The van der Waals surface area contributed by atoms with Gasteiger partial charge in [0.05, 0.1) is 11.1 Å². The smallest absolute Gasteiger partial charge is 0.338 e. The average Bonchev–Trinajstić information content (AvgIpc) is 2.86. The van der Waals surface area contributed by atoms with E-state index in [1.165, 1.54) is 0 Å². The minimum Gasteiger partial charge on any atom is -0.449 e. The second kappa shape index (κ2) is 10.1. The first-order valence-electron chi connectivity index (χ1n) is 11.9. The SMILES string of the molecule is CSN1CCC(Nc2ncc3cccc(C4CC(OC(=O)c5ccccc5)(C(F)F)C4)c3n2)CC1. The summed E-state index contributed by atoms with van der Waals surface area (Å²) in [4.78, 5) is 21.8. The summed E-state index contributed by atoms with van der Waals surface area (Å²) >= 11 is 1.76. The Morgan fingerprint density at radius 1 is 1.14 bits per heavy atom. The molecule has 35 heavy (non-hydrogen) atoms. The maximum atomic E-state index is 14.1. The summed E-state index contributed by atoms with van der Waals surface area (Å²) in [7, 11) is 0. The van der Waals surface area contributed by atoms with Crippen LogP contribution >= 0.6 is 11.9 Å². The second-order valence-electron chi connectivity index (χ2n) is 9.24. The molecular weight excluding hydrogens is 470 g/mol. The van der Waals surface area contributed by atoms with Crippen molar-refractivity contribution in [2.45, 2.75) is 49.7 Å². The molecule has 0 bridgehead atoms. The summed E-state index contributed by atoms with van der Waals surface area (Å²) in [5.74, 6) is -0.338. The monoisotopic (exact) mass is 498 g/mol. The van der Waals surface area contributed by atoms with Crippen molar-refractivity contribution in [2.75, 3.05) is 24.7 Å². The number of hydrogen-bond donors (Lipinski definition) is 1. The molecule has 1 aromatic heterocycles. The lowest BCUT2D eigenvalue weighted by atomic mass is 9.67. The summed E-state index contributed by atoms with van der Waals surface area (Å²) in [6.45, 7) is 2.02. The number of benzene rings is 2. The number of carbonyl (C=O) groups excluding carboxylic acids is 1. The Morgan fingerprint density at radius 3 is 2.57 bits per heavy atom. The van der Waals surface area contributed by atoms with Crippen LogP contribution < -0.4 is 5.32 Å². The number of alkyl halides is 2. The Kier molecular flexibility index (Phi) is 6.88. The van der Waals surface area contributed by atoms with Gasteiger partial charge in [0.1, 0.15) is 0 Å². The van der Waals surface area contributed by atoms with Gasteiger partial charge in [0, 0.05) is 43.6 Å². The number of anilines is 1. The second-order valence-corrected chi connectivity index (χ2v) is 10.1. The van der Waals surface area contributed by atoms with Crippen molar-refractivity contribution < 1.29 is 18.3 Å². The van der Waals surface area contributed by atoms with Crippen LogP contribution in [0.1, 0.15) is 47.5 Å². The molecular formula is C26H28F2N4O2S. The van der Waals surface area contributed by atoms with E-state index in [0.29, 0.717) is 12.0 Å². The molecule has 5 rings (SSSR count). The highest BCUT2D eigenvalue weighted by atomic mass is 32.2. The number of fused-ring (bicyclic) bond motifs is 1. The molecule has 0 atom stereocenters. The molecule has 2 heterocycles. The largest absolute Gasteiger partial charge is 0.449 e. The van der Waals surface area contributed by atoms with Crippen LogP contribution in [0.4, 0.5) is 14.7 Å². The molecule has 0 spiro atoms. The third-order valence-electron chi connectivity index (χ3n) is 7.01. The van der Waals surface area contributed by atoms with Gasteiger partial charge in [-0.05, 0) is 42.7 Å². The van der Waals surface area contributed by atoms with Crippen LogP contribution in [0.15, 0.2) is 54.7 Å². The summed E-state index contributed by atoms with van der Waals surface area (Å²) in [6, 6.07) is 14.3. The standard InChI is InChI=1S/C26H28F2N4O2S/c1-35-32-12-10-20(11-13-32)30-25-29-16-18-8-5-9-21(22(18)31-25)19-14-26(15-19,24(27)28)34-23(33)17-6-3-2-4-7-17/h2-9,16,19-20,24H,10-15H2,1H3,(H,29,30,31). The summed E-state index contributed by atoms with van der Waals surface area (Å²) in [5.41, 5.74) is 0.137. The van der Waals surface area contributed by atoms with Gasteiger partial charge in [-0.1, -0.05) is 48.3 Å². The Morgan fingerprint density at radius 2 is 1.89 bits per heavy atom. The van der Waals surface area contributed by atoms with E-state index >= 15 is 0 Å². The maximum Gasteiger partial charge on any atom is 0.338 e. The average molecular weight is 499 g/mol. The number of hydrogen-bond acceptors (Lipinski definition) is 7. The van der Waals surface area contributed by atoms with Crippen molar-refractivity contribution in [2.24, 2.45) is 0 Å². The zero-order chi connectivity index (χ0) is 24.4. The van der Waals surface area contributed by atoms with E-state index < -0.39 is 18.0 Å². The van der Waals surface area contributed by atoms with E-state index in [9.17, 15) is 13.6 Å². The normalized spacial score (nSPS) is 23.3. The first-order valence-corrected chi connectivity index (χ1v) is 13.0. The van der Waals surface area contributed by atoms with Crippen molar-refractivity contribution in [1.29, 1.82) is 0 Å². The van der Waals surface area contributed by atoms with Crippen LogP contribution in [0.5, 0.6) is 0 Å². The lowest BCUT2D eigenvalue weighted by molar-refractivity contribution is -0.157. The van der Waals surface area contributed by atoms with Crippen LogP contribution in [0.25, 0.3) is 10.9 Å². The Bertz CT molecular complexity index is 1180. The molecule has 0 amide bonds. The van der Waals surface area contributed by atoms with E-state index in [-0.39, 0.29) is 24.3 Å². The summed E-state index contributed by atoms with van der Waals surface area (Å²) in [6.07, 6.45) is 3.24. The minimum absolute atomic E-state index is 0.0578. The molecule has 0 radical (unpaired) electrons. The van der Waals surface area contributed by atoms with Gasteiger partial charge in [0.25, 0.3) is 6.43 Å². The molecule has 1 aliphatic carbocycles.